The summed E-state index contributed by atoms with van der Waals surface area (Å²) in [6, 6.07) is 5.81. The smallest absolute Gasteiger partial charge is 0.317 e. The van der Waals surface area contributed by atoms with E-state index in [0.29, 0.717) is 12.0 Å². The van der Waals surface area contributed by atoms with E-state index in [1.54, 1.807) is 12.1 Å². The van der Waals surface area contributed by atoms with Crippen molar-refractivity contribution in [1.29, 1.82) is 0 Å². The standard InChI is InChI=1S/C16H24F3N/c1-4-12(5-2)10-15(20-3)11-13-6-8-14(9-7-13)16(17,18)19/h6-9,12,15,20H,4-5,10-11H2,1-3H3. The number of hydrogen-bond acceptors (Lipinski definition) is 1. The second kappa shape index (κ2) is 7.67. The summed E-state index contributed by atoms with van der Waals surface area (Å²) in [6.07, 6.45) is -0.143. The molecule has 0 saturated carbocycles. The second-order valence-corrected chi connectivity index (χ2v) is 5.30. The number of hydrogen-bond donors (Lipinski definition) is 1. The van der Waals surface area contributed by atoms with Gasteiger partial charge in [-0.1, -0.05) is 38.8 Å². The van der Waals surface area contributed by atoms with Gasteiger partial charge in [0.1, 0.15) is 0 Å². The zero-order chi connectivity index (χ0) is 15.2. The van der Waals surface area contributed by atoms with Gasteiger partial charge in [0, 0.05) is 6.04 Å². The highest BCUT2D eigenvalue weighted by Gasteiger charge is 2.30. The minimum Gasteiger partial charge on any atom is -0.317 e. The molecule has 1 aromatic carbocycles. The Morgan fingerprint density at radius 2 is 1.60 bits per heavy atom. The maximum Gasteiger partial charge on any atom is 0.416 e. The van der Waals surface area contributed by atoms with Crippen molar-refractivity contribution >= 4 is 0 Å². The molecule has 0 aliphatic heterocycles. The molecule has 1 N–H and O–H groups in total. The topological polar surface area (TPSA) is 12.0 Å². The van der Waals surface area contributed by atoms with E-state index < -0.39 is 11.7 Å². The molecular weight excluding hydrogens is 263 g/mol. The first kappa shape index (κ1) is 17.0. The molecule has 1 atom stereocenters. The van der Waals surface area contributed by atoms with Crippen LogP contribution in [0.2, 0.25) is 0 Å². The fourth-order valence-corrected chi connectivity index (χ4v) is 2.44. The molecule has 1 rings (SSSR count). The molecule has 4 heteroatoms. The molecule has 0 aliphatic carbocycles. The molecule has 0 aromatic heterocycles. The van der Waals surface area contributed by atoms with Crippen molar-refractivity contribution in [1.82, 2.24) is 5.32 Å². The lowest BCUT2D eigenvalue weighted by molar-refractivity contribution is -0.137. The maximum absolute atomic E-state index is 12.5. The van der Waals surface area contributed by atoms with Crippen LogP contribution in [0.5, 0.6) is 0 Å². The summed E-state index contributed by atoms with van der Waals surface area (Å²) < 4.78 is 37.5. The third-order valence-electron chi connectivity index (χ3n) is 3.94. The van der Waals surface area contributed by atoms with Crippen LogP contribution in [0.25, 0.3) is 0 Å². The van der Waals surface area contributed by atoms with E-state index in [2.05, 4.69) is 19.2 Å². The molecule has 0 aliphatic rings. The number of alkyl halides is 3. The Labute approximate surface area is 119 Å². The van der Waals surface area contributed by atoms with E-state index in [-0.39, 0.29) is 0 Å². The highest BCUT2D eigenvalue weighted by Crippen LogP contribution is 2.29. The predicted octanol–water partition coefficient (Wildman–Crippen LogP) is 4.66. The zero-order valence-electron chi connectivity index (χ0n) is 12.4. The minimum atomic E-state index is -4.25. The Kier molecular flexibility index (Phi) is 6.53. The largest absolute Gasteiger partial charge is 0.416 e. The first-order chi connectivity index (χ1) is 9.40. The van der Waals surface area contributed by atoms with Crippen LogP contribution in [0.3, 0.4) is 0 Å². The number of likely N-dealkylation sites (N-methyl/N-ethyl adjacent to an activating group) is 1. The van der Waals surface area contributed by atoms with Crippen molar-refractivity contribution in [2.75, 3.05) is 7.05 Å². The highest BCUT2D eigenvalue weighted by atomic mass is 19.4. The van der Waals surface area contributed by atoms with E-state index in [4.69, 9.17) is 0 Å². The summed E-state index contributed by atoms with van der Waals surface area (Å²) in [4.78, 5) is 0. The average Bonchev–Trinajstić information content (AvgIpc) is 2.43. The van der Waals surface area contributed by atoms with Crippen molar-refractivity contribution < 1.29 is 13.2 Å². The molecule has 0 fully saturated rings. The van der Waals surface area contributed by atoms with Crippen LogP contribution in [0.4, 0.5) is 13.2 Å². The van der Waals surface area contributed by atoms with Gasteiger partial charge in [0.2, 0.25) is 0 Å². The van der Waals surface area contributed by atoms with Gasteiger partial charge in [0.05, 0.1) is 5.56 Å². The maximum atomic E-state index is 12.5. The minimum absolute atomic E-state index is 0.316. The SMILES string of the molecule is CCC(CC)CC(Cc1ccc(C(F)(F)F)cc1)NC. The van der Waals surface area contributed by atoms with E-state index >= 15 is 0 Å². The molecule has 0 radical (unpaired) electrons. The molecule has 0 heterocycles. The molecule has 1 aromatic rings. The van der Waals surface area contributed by atoms with Crippen molar-refractivity contribution in [3.63, 3.8) is 0 Å². The average molecular weight is 287 g/mol. The van der Waals surface area contributed by atoms with Crippen molar-refractivity contribution in [2.45, 2.75) is 51.7 Å². The third kappa shape index (κ3) is 5.16. The summed E-state index contributed by atoms with van der Waals surface area (Å²) in [6.45, 7) is 4.36. The van der Waals surface area contributed by atoms with Crippen LogP contribution in [0.1, 0.15) is 44.2 Å². The molecular formula is C16H24F3N. The van der Waals surface area contributed by atoms with Gasteiger partial charge < -0.3 is 5.32 Å². The lowest BCUT2D eigenvalue weighted by Crippen LogP contribution is -2.30. The quantitative estimate of drug-likeness (QED) is 0.769. The van der Waals surface area contributed by atoms with Gasteiger partial charge in [0.25, 0.3) is 0 Å². The third-order valence-corrected chi connectivity index (χ3v) is 3.94. The van der Waals surface area contributed by atoms with Gasteiger partial charge in [-0.2, -0.15) is 13.2 Å². The van der Waals surface area contributed by atoms with Gasteiger partial charge in [-0.15, -0.1) is 0 Å². The summed E-state index contributed by atoms with van der Waals surface area (Å²) in [5.74, 6) is 0.668. The fraction of sp³-hybridized carbons (Fsp3) is 0.625. The lowest BCUT2D eigenvalue weighted by atomic mass is 9.91. The van der Waals surface area contributed by atoms with Gasteiger partial charge in [0.15, 0.2) is 0 Å². The Hall–Kier alpha value is -1.03. The van der Waals surface area contributed by atoms with E-state index in [9.17, 15) is 13.2 Å². The number of nitrogens with one attached hydrogen (secondary N) is 1. The van der Waals surface area contributed by atoms with Crippen molar-refractivity contribution in [3.8, 4) is 0 Å². The zero-order valence-corrected chi connectivity index (χ0v) is 12.4. The van der Waals surface area contributed by atoms with Crippen LogP contribution >= 0.6 is 0 Å². The van der Waals surface area contributed by atoms with Crippen LogP contribution in [-0.4, -0.2) is 13.1 Å². The Morgan fingerprint density at radius 3 is 2.00 bits per heavy atom. The van der Waals surface area contributed by atoms with Crippen LogP contribution in [0.15, 0.2) is 24.3 Å². The van der Waals surface area contributed by atoms with Crippen molar-refractivity contribution in [2.24, 2.45) is 5.92 Å². The lowest BCUT2D eigenvalue weighted by Gasteiger charge is -2.21. The van der Waals surface area contributed by atoms with E-state index in [1.807, 2.05) is 7.05 Å². The first-order valence-electron chi connectivity index (χ1n) is 7.24. The van der Waals surface area contributed by atoms with Crippen LogP contribution in [0, 0.1) is 5.92 Å². The van der Waals surface area contributed by atoms with Gasteiger partial charge in [-0.3, -0.25) is 0 Å². The molecule has 1 unspecified atom stereocenters. The molecule has 20 heavy (non-hydrogen) atoms. The Balaban J connectivity index is 2.66. The molecule has 0 saturated heterocycles. The molecule has 114 valence electrons. The van der Waals surface area contributed by atoms with Crippen LogP contribution in [-0.2, 0) is 12.6 Å². The number of benzene rings is 1. The summed E-state index contributed by atoms with van der Waals surface area (Å²) in [5, 5.41) is 3.27. The van der Waals surface area contributed by atoms with E-state index in [0.717, 1.165) is 31.2 Å². The summed E-state index contributed by atoms with van der Waals surface area (Å²) in [5.41, 5.74) is 0.366. The van der Waals surface area contributed by atoms with Gasteiger partial charge in [-0.25, -0.2) is 0 Å². The molecule has 1 nitrogen and oxygen atoms in total. The normalized spacial score (nSPS) is 13.8. The number of halogens is 3. The highest BCUT2D eigenvalue weighted by molar-refractivity contribution is 5.25. The van der Waals surface area contributed by atoms with Crippen LogP contribution < -0.4 is 5.32 Å². The van der Waals surface area contributed by atoms with Crippen molar-refractivity contribution in [3.05, 3.63) is 35.4 Å². The van der Waals surface area contributed by atoms with Gasteiger partial charge in [-0.05, 0) is 43.5 Å². The molecule has 0 amide bonds. The molecule has 0 spiro atoms. The second-order valence-electron chi connectivity index (χ2n) is 5.30. The summed E-state index contributed by atoms with van der Waals surface area (Å²) >= 11 is 0. The number of rotatable bonds is 7. The Morgan fingerprint density at radius 1 is 1.05 bits per heavy atom. The predicted molar refractivity (Wildman–Crippen MR) is 76.7 cm³/mol. The fourth-order valence-electron chi connectivity index (χ4n) is 2.44. The van der Waals surface area contributed by atoms with E-state index in [1.165, 1.54) is 12.1 Å². The molecule has 0 bridgehead atoms. The van der Waals surface area contributed by atoms with Gasteiger partial charge >= 0.3 is 6.18 Å². The Bertz CT molecular complexity index is 380. The summed E-state index contributed by atoms with van der Waals surface area (Å²) in [7, 11) is 1.91. The first-order valence-corrected chi connectivity index (χ1v) is 7.24. The monoisotopic (exact) mass is 287 g/mol.